The number of rotatable bonds is 6. The average Bonchev–Trinajstić information content (AvgIpc) is 2.29. The first kappa shape index (κ1) is 13.6. The molecule has 0 saturated heterocycles. The summed E-state index contributed by atoms with van der Waals surface area (Å²) in [4.78, 5) is 13.0. The van der Waals surface area contributed by atoms with E-state index in [2.05, 4.69) is 6.92 Å². The van der Waals surface area contributed by atoms with Crippen molar-refractivity contribution in [1.82, 2.24) is 4.90 Å². The van der Waals surface area contributed by atoms with Gasteiger partial charge < -0.3 is 5.11 Å². The Hall–Kier alpha value is -1.42. The van der Waals surface area contributed by atoms with Gasteiger partial charge in [-0.2, -0.15) is 0 Å². The van der Waals surface area contributed by atoms with Crippen LogP contribution >= 0.6 is 0 Å². The van der Waals surface area contributed by atoms with Gasteiger partial charge in [0.05, 0.1) is 0 Å². The van der Waals surface area contributed by atoms with Gasteiger partial charge in [0.2, 0.25) is 0 Å². The average molecular weight is 239 g/mol. The van der Waals surface area contributed by atoms with Crippen molar-refractivity contribution in [2.45, 2.75) is 25.8 Å². The van der Waals surface area contributed by atoms with E-state index in [4.69, 9.17) is 0 Å². The van der Waals surface area contributed by atoms with Crippen LogP contribution in [0.1, 0.15) is 31.4 Å². The Labute approximate surface area is 101 Å². The van der Waals surface area contributed by atoms with Crippen LogP contribution in [-0.4, -0.2) is 29.6 Å². The third-order valence-corrected chi connectivity index (χ3v) is 2.72. The smallest absolute Gasteiger partial charge is 0.325 e. The summed E-state index contributed by atoms with van der Waals surface area (Å²) in [5.74, 6) is -1.26. The lowest BCUT2D eigenvalue weighted by molar-refractivity contribution is -0.143. The predicted molar refractivity (Wildman–Crippen MR) is 64.3 cm³/mol. The molecule has 4 heteroatoms. The van der Waals surface area contributed by atoms with Crippen molar-refractivity contribution in [3.05, 3.63) is 35.6 Å². The number of unbranched alkanes of at least 4 members (excludes halogenated alkanes) is 1. The zero-order valence-corrected chi connectivity index (χ0v) is 10.2. The molecule has 3 nitrogen and oxygen atoms in total. The molecule has 0 radical (unpaired) electrons. The lowest BCUT2D eigenvalue weighted by atomic mass is 10.1. The minimum atomic E-state index is -0.907. The summed E-state index contributed by atoms with van der Waals surface area (Å²) in [5, 5.41) is 9.23. The van der Waals surface area contributed by atoms with Crippen LogP contribution in [-0.2, 0) is 4.79 Å². The molecule has 0 aliphatic carbocycles. The van der Waals surface area contributed by atoms with E-state index in [0.717, 1.165) is 12.8 Å². The number of carboxylic acids is 1. The van der Waals surface area contributed by atoms with Crippen LogP contribution in [0, 0.1) is 5.82 Å². The summed E-state index contributed by atoms with van der Waals surface area (Å²) < 4.78 is 12.8. The van der Waals surface area contributed by atoms with Gasteiger partial charge in [-0.1, -0.05) is 25.5 Å². The van der Waals surface area contributed by atoms with E-state index >= 15 is 0 Å². The molecular formula is C13H18FNO2. The normalized spacial score (nSPS) is 12.7. The number of aliphatic carboxylic acids is 1. The van der Waals surface area contributed by atoms with Crippen molar-refractivity contribution in [1.29, 1.82) is 0 Å². The first-order valence-corrected chi connectivity index (χ1v) is 5.74. The highest BCUT2D eigenvalue weighted by Crippen LogP contribution is 2.20. The first-order chi connectivity index (χ1) is 8.06. The van der Waals surface area contributed by atoms with E-state index in [0.29, 0.717) is 12.1 Å². The molecular weight excluding hydrogens is 221 g/mol. The van der Waals surface area contributed by atoms with E-state index in [1.807, 2.05) is 0 Å². The van der Waals surface area contributed by atoms with Crippen LogP contribution in [0.5, 0.6) is 0 Å². The van der Waals surface area contributed by atoms with Crippen LogP contribution in [0.25, 0.3) is 0 Å². The van der Waals surface area contributed by atoms with Crippen LogP contribution in [0.2, 0.25) is 0 Å². The second kappa shape index (κ2) is 6.35. The zero-order chi connectivity index (χ0) is 12.8. The summed E-state index contributed by atoms with van der Waals surface area (Å²) >= 11 is 0. The van der Waals surface area contributed by atoms with Gasteiger partial charge >= 0.3 is 5.97 Å². The maximum absolute atomic E-state index is 12.8. The molecule has 0 aliphatic heterocycles. The lowest BCUT2D eigenvalue weighted by Crippen LogP contribution is -2.31. The number of carboxylic acid groups (broad SMARTS) is 1. The van der Waals surface area contributed by atoms with Gasteiger partial charge in [0.1, 0.15) is 11.9 Å². The van der Waals surface area contributed by atoms with Crippen LogP contribution in [0.4, 0.5) is 4.39 Å². The van der Waals surface area contributed by atoms with Gasteiger partial charge in [-0.15, -0.1) is 0 Å². The molecule has 0 aliphatic rings. The quantitative estimate of drug-likeness (QED) is 0.829. The molecule has 0 saturated carbocycles. The van der Waals surface area contributed by atoms with Crippen LogP contribution in [0.3, 0.4) is 0 Å². The standard InChI is InChI=1S/C13H18FNO2/c1-3-4-9-15(2)12(13(16)17)10-5-7-11(14)8-6-10/h5-8,12H,3-4,9H2,1-2H3,(H,16,17). The lowest BCUT2D eigenvalue weighted by Gasteiger charge is -2.24. The minimum Gasteiger partial charge on any atom is -0.480 e. The van der Waals surface area contributed by atoms with Crippen molar-refractivity contribution in [2.24, 2.45) is 0 Å². The number of nitrogens with zero attached hydrogens (tertiary/aromatic N) is 1. The van der Waals surface area contributed by atoms with Gasteiger partial charge in [0.15, 0.2) is 0 Å². The fourth-order valence-corrected chi connectivity index (χ4v) is 1.77. The highest BCUT2D eigenvalue weighted by molar-refractivity contribution is 5.75. The monoisotopic (exact) mass is 239 g/mol. The molecule has 0 fully saturated rings. The number of hydrogen-bond donors (Lipinski definition) is 1. The fourth-order valence-electron chi connectivity index (χ4n) is 1.77. The van der Waals surface area contributed by atoms with Gasteiger partial charge in [-0.25, -0.2) is 4.39 Å². The molecule has 1 rings (SSSR count). The Morgan fingerprint density at radius 1 is 1.41 bits per heavy atom. The maximum atomic E-state index is 12.8. The number of likely N-dealkylation sites (N-methyl/N-ethyl adjacent to an activating group) is 1. The number of benzene rings is 1. The number of halogens is 1. The molecule has 0 heterocycles. The van der Waals surface area contributed by atoms with E-state index in [-0.39, 0.29) is 5.82 Å². The van der Waals surface area contributed by atoms with Gasteiger partial charge in [-0.05, 0) is 37.7 Å². The van der Waals surface area contributed by atoms with Crippen LogP contribution < -0.4 is 0 Å². The second-order valence-electron chi connectivity index (χ2n) is 4.13. The van der Waals surface area contributed by atoms with E-state index in [1.54, 1.807) is 11.9 Å². The van der Waals surface area contributed by atoms with Crippen molar-refractivity contribution >= 4 is 5.97 Å². The Morgan fingerprint density at radius 3 is 2.47 bits per heavy atom. The molecule has 94 valence electrons. The second-order valence-corrected chi connectivity index (χ2v) is 4.13. The SMILES string of the molecule is CCCCN(C)C(C(=O)O)c1ccc(F)cc1. The summed E-state index contributed by atoms with van der Waals surface area (Å²) in [6, 6.07) is 4.92. The molecule has 0 amide bonds. The van der Waals surface area contributed by atoms with Crippen molar-refractivity contribution in [3.8, 4) is 0 Å². The number of hydrogen-bond acceptors (Lipinski definition) is 2. The summed E-state index contributed by atoms with van der Waals surface area (Å²) in [7, 11) is 1.78. The fraction of sp³-hybridized carbons (Fsp3) is 0.462. The molecule has 1 unspecified atom stereocenters. The summed E-state index contributed by atoms with van der Waals surface area (Å²) in [5.41, 5.74) is 0.609. The van der Waals surface area contributed by atoms with Gasteiger partial charge in [-0.3, -0.25) is 9.69 Å². The molecule has 1 aromatic rings. The Bertz CT molecular complexity index is 364. The minimum absolute atomic E-state index is 0.353. The molecule has 1 N–H and O–H groups in total. The highest BCUT2D eigenvalue weighted by atomic mass is 19.1. The summed E-state index contributed by atoms with van der Waals surface area (Å²) in [6.45, 7) is 2.77. The van der Waals surface area contributed by atoms with Crippen molar-refractivity contribution < 1.29 is 14.3 Å². The molecule has 0 aromatic heterocycles. The number of carbonyl (C=O) groups is 1. The molecule has 17 heavy (non-hydrogen) atoms. The highest BCUT2D eigenvalue weighted by Gasteiger charge is 2.23. The van der Waals surface area contributed by atoms with Crippen molar-refractivity contribution in [2.75, 3.05) is 13.6 Å². The first-order valence-electron chi connectivity index (χ1n) is 5.74. The van der Waals surface area contributed by atoms with Gasteiger partial charge in [0, 0.05) is 0 Å². The molecule has 0 spiro atoms. The predicted octanol–water partition coefficient (Wildman–Crippen LogP) is 2.68. The van der Waals surface area contributed by atoms with Crippen LogP contribution in [0.15, 0.2) is 24.3 Å². The molecule has 1 atom stereocenters. The molecule has 1 aromatic carbocycles. The Balaban J connectivity index is 2.85. The van der Waals surface area contributed by atoms with Crippen molar-refractivity contribution in [3.63, 3.8) is 0 Å². The third-order valence-electron chi connectivity index (χ3n) is 2.72. The summed E-state index contributed by atoms with van der Waals surface area (Å²) in [6.07, 6.45) is 1.96. The Morgan fingerprint density at radius 2 is 2.00 bits per heavy atom. The van der Waals surface area contributed by atoms with E-state index < -0.39 is 12.0 Å². The Kier molecular flexibility index (Phi) is 5.10. The van der Waals surface area contributed by atoms with Gasteiger partial charge in [0.25, 0.3) is 0 Å². The largest absolute Gasteiger partial charge is 0.480 e. The van der Waals surface area contributed by atoms with E-state index in [1.165, 1.54) is 24.3 Å². The third kappa shape index (κ3) is 3.82. The maximum Gasteiger partial charge on any atom is 0.325 e. The topological polar surface area (TPSA) is 40.5 Å². The van der Waals surface area contributed by atoms with E-state index in [9.17, 15) is 14.3 Å². The molecule has 0 bridgehead atoms. The zero-order valence-electron chi connectivity index (χ0n) is 10.2.